The molecule has 0 fully saturated rings. The summed E-state index contributed by atoms with van der Waals surface area (Å²) in [5, 5.41) is 4.24. The summed E-state index contributed by atoms with van der Waals surface area (Å²) in [4.78, 5) is 2.23. The van der Waals surface area contributed by atoms with Gasteiger partial charge in [0.05, 0.1) is 10.7 Å². The highest BCUT2D eigenvalue weighted by Crippen LogP contribution is 2.26. The number of halogens is 1. The first-order valence-electron chi connectivity index (χ1n) is 6.89. The molecule has 0 aromatic heterocycles. The summed E-state index contributed by atoms with van der Waals surface area (Å²) < 4.78 is 0. The minimum absolute atomic E-state index is 0.851. The lowest BCUT2D eigenvalue weighted by molar-refractivity contribution is 0.675. The van der Waals surface area contributed by atoms with Gasteiger partial charge in [0, 0.05) is 20.1 Å². The van der Waals surface area contributed by atoms with Gasteiger partial charge in [-0.05, 0) is 37.1 Å². The highest BCUT2D eigenvalue weighted by molar-refractivity contribution is 6.33. The molecule has 1 aromatic carbocycles. The largest absolute Gasteiger partial charge is 0.373 e. The quantitative estimate of drug-likeness (QED) is 0.715. The molecule has 0 radical (unpaired) electrons. The van der Waals surface area contributed by atoms with Crippen LogP contribution in [0, 0.1) is 0 Å². The summed E-state index contributed by atoms with van der Waals surface area (Å²) in [5.74, 6) is 0. The standard InChI is InChI=1S/C15H25ClN2/c1-4-6-10-18(3)15-8-7-13(11-14(15)16)12-17-9-5-2/h7-8,11,17H,4-6,9-10,12H2,1-3H3. The number of hydrogen-bond donors (Lipinski definition) is 1. The zero-order chi connectivity index (χ0) is 13.4. The van der Waals surface area contributed by atoms with E-state index < -0.39 is 0 Å². The molecule has 1 aromatic rings. The third-order valence-corrected chi connectivity index (χ3v) is 3.33. The van der Waals surface area contributed by atoms with E-state index >= 15 is 0 Å². The minimum atomic E-state index is 0.851. The Labute approximate surface area is 116 Å². The van der Waals surface area contributed by atoms with Crippen molar-refractivity contribution in [2.75, 3.05) is 25.0 Å². The predicted molar refractivity (Wildman–Crippen MR) is 81.6 cm³/mol. The normalized spacial score (nSPS) is 10.7. The molecule has 3 heteroatoms. The van der Waals surface area contributed by atoms with Crippen molar-refractivity contribution in [3.63, 3.8) is 0 Å². The third kappa shape index (κ3) is 4.87. The first kappa shape index (κ1) is 15.3. The number of unbranched alkanes of at least 4 members (excludes halogenated alkanes) is 1. The Morgan fingerprint density at radius 1 is 1.22 bits per heavy atom. The van der Waals surface area contributed by atoms with Crippen molar-refractivity contribution < 1.29 is 0 Å². The summed E-state index contributed by atoms with van der Waals surface area (Å²) in [6.07, 6.45) is 3.57. The Balaban J connectivity index is 2.61. The number of anilines is 1. The van der Waals surface area contributed by atoms with Gasteiger partial charge in [-0.15, -0.1) is 0 Å². The molecule has 1 rings (SSSR count). The topological polar surface area (TPSA) is 15.3 Å². The smallest absolute Gasteiger partial charge is 0.0642 e. The lowest BCUT2D eigenvalue weighted by atomic mass is 10.2. The number of hydrogen-bond acceptors (Lipinski definition) is 2. The van der Waals surface area contributed by atoms with Gasteiger partial charge in [-0.3, -0.25) is 0 Å². The van der Waals surface area contributed by atoms with Crippen molar-refractivity contribution in [3.8, 4) is 0 Å². The van der Waals surface area contributed by atoms with Crippen LogP contribution >= 0.6 is 11.6 Å². The molecule has 1 N–H and O–H groups in total. The van der Waals surface area contributed by atoms with Crippen LogP contribution in [0.2, 0.25) is 5.02 Å². The molecular weight excluding hydrogens is 244 g/mol. The van der Waals surface area contributed by atoms with Crippen molar-refractivity contribution in [1.82, 2.24) is 5.32 Å². The summed E-state index contributed by atoms with van der Waals surface area (Å²) in [6.45, 7) is 7.38. The van der Waals surface area contributed by atoms with Gasteiger partial charge in [0.2, 0.25) is 0 Å². The van der Waals surface area contributed by atoms with Crippen molar-refractivity contribution in [3.05, 3.63) is 28.8 Å². The lowest BCUT2D eigenvalue weighted by Crippen LogP contribution is -2.19. The van der Waals surface area contributed by atoms with E-state index in [-0.39, 0.29) is 0 Å². The summed E-state index contributed by atoms with van der Waals surface area (Å²) in [7, 11) is 2.10. The maximum atomic E-state index is 6.35. The van der Waals surface area contributed by atoms with E-state index in [1.54, 1.807) is 0 Å². The monoisotopic (exact) mass is 268 g/mol. The SMILES string of the molecule is CCCCN(C)c1ccc(CNCCC)cc1Cl. The molecule has 0 aliphatic rings. The van der Waals surface area contributed by atoms with Crippen LogP contribution in [0.1, 0.15) is 38.7 Å². The van der Waals surface area contributed by atoms with E-state index in [4.69, 9.17) is 11.6 Å². The minimum Gasteiger partial charge on any atom is -0.373 e. The molecule has 102 valence electrons. The Hall–Kier alpha value is -0.730. The van der Waals surface area contributed by atoms with E-state index in [1.807, 2.05) is 0 Å². The van der Waals surface area contributed by atoms with Gasteiger partial charge in [-0.1, -0.05) is 37.9 Å². The first-order valence-corrected chi connectivity index (χ1v) is 7.27. The van der Waals surface area contributed by atoms with Crippen LogP contribution in [0.15, 0.2) is 18.2 Å². The zero-order valence-electron chi connectivity index (χ0n) is 11.8. The van der Waals surface area contributed by atoms with Crippen LogP contribution in [-0.2, 0) is 6.54 Å². The van der Waals surface area contributed by atoms with Crippen LogP contribution in [0.5, 0.6) is 0 Å². The molecule has 18 heavy (non-hydrogen) atoms. The lowest BCUT2D eigenvalue weighted by Gasteiger charge is -2.20. The van der Waals surface area contributed by atoms with Crippen LogP contribution in [-0.4, -0.2) is 20.1 Å². The highest BCUT2D eigenvalue weighted by Gasteiger charge is 2.06. The fourth-order valence-electron chi connectivity index (χ4n) is 1.90. The van der Waals surface area contributed by atoms with E-state index in [0.29, 0.717) is 0 Å². The molecular formula is C15H25ClN2. The summed E-state index contributed by atoms with van der Waals surface area (Å²) in [5.41, 5.74) is 2.38. The van der Waals surface area contributed by atoms with Gasteiger partial charge in [-0.25, -0.2) is 0 Å². The second-order valence-electron chi connectivity index (χ2n) is 4.74. The number of nitrogens with zero attached hydrogens (tertiary/aromatic N) is 1. The van der Waals surface area contributed by atoms with Gasteiger partial charge < -0.3 is 10.2 Å². The van der Waals surface area contributed by atoms with Crippen LogP contribution in [0.4, 0.5) is 5.69 Å². The van der Waals surface area contributed by atoms with Crippen LogP contribution in [0.3, 0.4) is 0 Å². The van der Waals surface area contributed by atoms with Crippen LogP contribution in [0.25, 0.3) is 0 Å². The van der Waals surface area contributed by atoms with Gasteiger partial charge in [0.1, 0.15) is 0 Å². The molecule has 2 nitrogen and oxygen atoms in total. The Morgan fingerprint density at radius 2 is 2.00 bits per heavy atom. The van der Waals surface area contributed by atoms with Crippen molar-refractivity contribution in [1.29, 1.82) is 0 Å². The highest BCUT2D eigenvalue weighted by atomic mass is 35.5. The van der Waals surface area contributed by atoms with Crippen molar-refractivity contribution in [2.45, 2.75) is 39.7 Å². The van der Waals surface area contributed by atoms with Crippen molar-refractivity contribution >= 4 is 17.3 Å². The molecule has 0 unspecified atom stereocenters. The number of rotatable bonds is 8. The number of benzene rings is 1. The average molecular weight is 269 g/mol. The Kier molecular flexibility index (Phi) is 7.14. The summed E-state index contributed by atoms with van der Waals surface area (Å²) >= 11 is 6.35. The maximum absolute atomic E-state index is 6.35. The number of nitrogens with one attached hydrogen (secondary N) is 1. The predicted octanol–water partition coefficient (Wildman–Crippen LogP) is 4.08. The first-order chi connectivity index (χ1) is 8.69. The second kappa shape index (κ2) is 8.39. The molecule has 0 bridgehead atoms. The fourth-order valence-corrected chi connectivity index (χ4v) is 2.24. The maximum Gasteiger partial charge on any atom is 0.0642 e. The average Bonchev–Trinajstić information content (AvgIpc) is 2.36. The second-order valence-corrected chi connectivity index (χ2v) is 5.14. The van der Waals surface area contributed by atoms with E-state index in [0.717, 1.165) is 36.8 Å². The molecule has 0 atom stereocenters. The Bertz CT molecular complexity index is 352. The fraction of sp³-hybridized carbons (Fsp3) is 0.600. The summed E-state index contributed by atoms with van der Waals surface area (Å²) in [6, 6.07) is 6.36. The van der Waals surface area contributed by atoms with Gasteiger partial charge in [0.15, 0.2) is 0 Å². The van der Waals surface area contributed by atoms with E-state index in [9.17, 15) is 0 Å². The van der Waals surface area contributed by atoms with Gasteiger partial charge >= 0.3 is 0 Å². The van der Waals surface area contributed by atoms with Crippen LogP contribution < -0.4 is 10.2 Å². The molecule has 0 amide bonds. The van der Waals surface area contributed by atoms with Gasteiger partial charge in [-0.2, -0.15) is 0 Å². The molecule has 0 saturated carbocycles. The molecule has 0 heterocycles. The Morgan fingerprint density at radius 3 is 2.61 bits per heavy atom. The molecule has 0 aliphatic carbocycles. The van der Waals surface area contributed by atoms with Gasteiger partial charge in [0.25, 0.3) is 0 Å². The molecule has 0 spiro atoms. The van der Waals surface area contributed by atoms with Crippen molar-refractivity contribution in [2.24, 2.45) is 0 Å². The molecule has 0 saturated heterocycles. The third-order valence-electron chi connectivity index (χ3n) is 3.03. The molecule has 0 aliphatic heterocycles. The zero-order valence-corrected chi connectivity index (χ0v) is 12.6. The van der Waals surface area contributed by atoms with E-state index in [1.165, 1.54) is 18.4 Å². The van der Waals surface area contributed by atoms with E-state index in [2.05, 4.69) is 49.3 Å².